The summed E-state index contributed by atoms with van der Waals surface area (Å²) in [5, 5.41) is 14.5. The molecular formula is C39H38N8O2. The van der Waals surface area contributed by atoms with Crippen LogP contribution in [0.3, 0.4) is 0 Å². The monoisotopic (exact) mass is 650 g/mol. The molecule has 0 bridgehead atoms. The number of aromatic nitrogens is 8. The van der Waals surface area contributed by atoms with Crippen LogP contribution in [0.1, 0.15) is 42.3 Å². The summed E-state index contributed by atoms with van der Waals surface area (Å²) in [6.45, 7) is 3.30. The van der Waals surface area contributed by atoms with Gasteiger partial charge in [0.25, 0.3) is 5.56 Å². The minimum atomic E-state index is -0.318. The van der Waals surface area contributed by atoms with E-state index in [0.717, 1.165) is 52.0 Å². The van der Waals surface area contributed by atoms with Gasteiger partial charge >= 0.3 is 5.69 Å². The van der Waals surface area contributed by atoms with Crippen LogP contribution in [0, 0.1) is 0 Å². The number of H-pyrrole nitrogens is 1. The van der Waals surface area contributed by atoms with Crippen LogP contribution in [-0.4, -0.2) is 39.3 Å². The summed E-state index contributed by atoms with van der Waals surface area (Å²) in [5.41, 5.74) is 6.47. The zero-order chi connectivity index (χ0) is 33.6. The van der Waals surface area contributed by atoms with Crippen molar-refractivity contribution in [1.29, 1.82) is 0 Å². The van der Waals surface area contributed by atoms with Gasteiger partial charge in [0.15, 0.2) is 17.0 Å². The van der Waals surface area contributed by atoms with E-state index in [1.54, 1.807) is 4.57 Å². The molecule has 4 aromatic carbocycles. The molecule has 3 aromatic heterocycles. The summed E-state index contributed by atoms with van der Waals surface area (Å²) in [5.74, 6) is 1.42. The Hall–Kier alpha value is -5.90. The maximum atomic E-state index is 14.4. The number of aromatic amines is 1. The Labute approximate surface area is 283 Å². The third kappa shape index (κ3) is 6.76. The van der Waals surface area contributed by atoms with E-state index in [1.165, 1.54) is 4.57 Å². The lowest BCUT2D eigenvalue weighted by Gasteiger charge is -2.14. The number of benzene rings is 4. The van der Waals surface area contributed by atoms with Crippen LogP contribution in [0.15, 0.2) is 119 Å². The molecule has 0 spiro atoms. The van der Waals surface area contributed by atoms with E-state index in [1.807, 2.05) is 77.4 Å². The summed E-state index contributed by atoms with van der Waals surface area (Å²) in [4.78, 5) is 33.5. The van der Waals surface area contributed by atoms with Gasteiger partial charge in [0.05, 0.1) is 0 Å². The van der Waals surface area contributed by atoms with E-state index >= 15 is 0 Å². The minimum Gasteiger partial charge on any atom is -0.318 e. The molecule has 0 radical (unpaired) electrons. The maximum Gasteiger partial charge on any atom is 0.332 e. The van der Waals surface area contributed by atoms with Gasteiger partial charge in [-0.1, -0.05) is 123 Å². The lowest BCUT2D eigenvalue weighted by Crippen LogP contribution is -2.41. The Morgan fingerprint density at radius 1 is 0.653 bits per heavy atom. The highest BCUT2D eigenvalue weighted by atomic mass is 16.2. The molecule has 49 heavy (non-hydrogen) atoms. The third-order valence-corrected chi connectivity index (χ3v) is 9.01. The normalized spacial score (nSPS) is 11.4. The fraction of sp³-hybridized carbons (Fsp3) is 0.231. The Morgan fingerprint density at radius 3 is 1.92 bits per heavy atom. The first kappa shape index (κ1) is 31.7. The van der Waals surface area contributed by atoms with Crippen LogP contribution >= 0.6 is 0 Å². The Balaban J connectivity index is 1.30. The van der Waals surface area contributed by atoms with E-state index in [-0.39, 0.29) is 17.8 Å². The molecule has 0 aliphatic rings. The summed E-state index contributed by atoms with van der Waals surface area (Å²) in [6.07, 6.45) is 3.84. The fourth-order valence-electron chi connectivity index (χ4n) is 6.39. The average Bonchev–Trinajstić information content (AvgIpc) is 3.81. The number of rotatable bonds is 13. The Morgan fingerprint density at radius 2 is 1.29 bits per heavy atom. The van der Waals surface area contributed by atoms with Crippen molar-refractivity contribution in [3.63, 3.8) is 0 Å². The van der Waals surface area contributed by atoms with Gasteiger partial charge in [-0.15, -0.1) is 5.10 Å². The van der Waals surface area contributed by atoms with Crippen LogP contribution < -0.4 is 11.2 Å². The molecule has 7 aromatic rings. The predicted molar refractivity (Wildman–Crippen MR) is 191 cm³/mol. The van der Waals surface area contributed by atoms with Crippen molar-refractivity contribution in [2.24, 2.45) is 0 Å². The molecule has 0 saturated carbocycles. The highest BCUT2D eigenvalue weighted by molar-refractivity contribution is 5.80. The molecule has 0 saturated heterocycles. The van der Waals surface area contributed by atoms with Gasteiger partial charge in [0, 0.05) is 31.6 Å². The smallest absolute Gasteiger partial charge is 0.318 e. The molecule has 0 aliphatic carbocycles. The van der Waals surface area contributed by atoms with Gasteiger partial charge in [-0.3, -0.25) is 13.9 Å². The van der Waals surface area contributed by atoms with Gasteiger partial charge in [0.2, 0.25) is 0 Å². The largest absolute Gasteiger partial charge is 0.332 e. The van der Waals surface area contributed by atoms with Crippen molar-refractivity contribution in [2.45, 2.75) is 58.7 Å². The molecule has 0 fully saturated rings. The van der Waals surface area contributed by atoms with E-state index in [2.05, 4.69) is 63.9 Å². The molecule has 10 heteroatoms. The van der Waals surface area contributed by atoms with Gasteiger partial charge in [-0.2, -0.15) is 0 Å². The molecular weight excluding hydrogens is 612 g/mol. The number of nitrogens with zero attached hydrogens (tertiary/aromatic N) is 7. The first-order valence-electron chi connectivity index (χ1n) is 16.8. The highest BCUT2D eigenvalue weighted by Gasteiger charge is 2.22. The summed E-state index contributed by atoms with van der Waals surface area (Å²) >= 11 is 0. The molecule has 3 heterocycles. The quantitative estimate of drug-likeness (QED) is 0.162. The number of imidazole rings is 1. The maximum absolute atomic E-state index is 14.4. The van der Waals surface area contributed by atoms with Crippen molar-refractivity contribution < 1.29 is 0 Å². The first-order chi connectivity index (χ1) is 24.1. The van der Waals surface area contributed by atoms with Crippen molar-refractivity contribution in [2.75, 3.05) is 0 Å². The number of tetrazole rings is 1. The van der Waals surface area contributed by atoms with Gasteiger partial charge in [-0.05, 0) is 57.5 Å². The van der Waals surface area contributed by atoms with Crippen LogP contribution in [0.25, 0.3) is 33.7 Å². The lowest BCUT2D eigenvalue weighted by molar-refractivity contribution is 0.564. The Kier molecular flexibility index (Phi) is 9.36. The molecule has 0 atom stereocenters. The SMILES string of the molecule is CCCCc1nc2c(c(=O)n(CCc3ccccc3)c(=O)n2CCc2ccccc2)n1Cc1ccc(-c2ccccc2-c2nnn[nH]2)cc1. The number of unbranched alkanes of at least 4 members (excludes halogenated alkanes) is 1. The van der Waals surface area contributed by atoms with Crippen molar-refractivity contribution in [3.8, 4) is 22.5 Å². The van der Waals surface area contributed by atoms with Crippen molar-refractivity contribution >= 4 is 11.2 Å². The molecule has 0 aliphatic heterocycles. The Bertz CT molecular complexity index is 2270. The van der Waals surface area contributed by atoms with Gasteiger partial charge in [-0.25, -0.2) is 14.9 Å². The zero-order valence-corrected chi connectivity index (χ0v) is 27.5. The van der Waals surface area contributed by atoms with E-state index in [0.29, 0.717) is 49.3 Å². The summed E-state index contributed by atoms with van der Waals surface area (Å²) < 4.78 is 5.15. The molecule has 0 amide bonds. The second-order valence-corrected chi connectivity index (χ2v) is 12.2. The summed E-state index contributed by atoms with van der Waals surface area (Å²) in [7, 11) is 0. The second-order valence-electron chi connectivity index (χ2n) is 12.2. The van der Waals surface area contributed by atoms with Crippen LogP contribution in [-0.2, 0) is 38.9 Å². The third-order valence-electron chi connectivity index (χ3n) is 9.01. The van der Waals surface area contributed by atoms with Gasteiger partial charge in [0.1, 0.15) is 5.82 Å². The zero-order valence-electron chi connectivity index (χ0n) is 27.5. The molecule has 7 rings (SSSR count). The molecule has 0 unspecified atom stereocenters. The fourth-order valence-corrected chi connectivity index (χ4v) is 6.39. The average molecular weight is 651 g/mol. The van der Waals surface area contributed by atoms with Crippen LogP contribution in [0.2, 0.25) is 0 Å². The number of aryl methyl sites for hydroxylation is 4. The molecule has 10 nitrogen and oxygen atoms in total. The van der Waals surface area contributed by atoms with Crippen molar-refractivity contribution in [3.05, 3.63) is 153 Å². The number of hydrogen-bond acceptors (Lipinski definition) is 6. The van der Waals surface area contributed by atoms with E-state index in [4.69, 9.17) is 4.98 Å². The lowest BCUT2D eigenvalue weighted by atomic mass is 9.98. The van der Waals surface area contributed by atoms with E-state index in [9.17, 15) is 9.59 Å². The van der Waals surface area contributed by atoms with Gasteiger partial charge < -0.3 is 4.57 Å². The standard InChI is InChI=1S/C39H38N8O2/c1-2-3-18-34-40-37-35(47(34)27-30-19-21-31(22-20-30)32-16-10-11-17-33(32)36-41-43-44-42-36)38(48)46(26-24-29-14-8-5-9-15-29)39(49)45(37)25-23-28-12-6-4-7-13-28/h4-17,19-22H,2-3,18,23-27H2,1H3,(H,41,42,43,44). The predicted octanol–water partition coefficient (Wildman–Crippen LogP) is 6.08. The minimum absolute atomic E-state index is 0.285. The number of nitrogens with one attached hydrogen (secondary N) is 1. The first-order valence-corrected chi connectivity index (χ1v) is 16.8. The van der Waals surface area contributed by atoms with E-state index < -0.39 is 0 Å². The summed E-state index contributed by atoms with van der Waals surface area (Å²) in [6, 6.07) is 36.4. The molecule has 1 N–H and O–H groups in total. The second kappa shape index (κ2) is 14.5. The number of fused-ring (bicyclic) bond motifs is 1. The highest BCUT2D eigenvalue weighted by Crippen LogP contribution is 2.30. The molecule has 246 valence electrons. The van der Waals surface area contributed by atoms with Crippen molar-refractivity contribution in [1.82, 2.24) is 39.3 Å². The number of hydrogen-bond donors (Lipinski definition) is 1. The van der Waals surface area contributed by atoms with Crippen LogP contribution in [0.4, 0.5) is 0 Å². The topological polar surface area (TPSA) is 116 Å². The van der Waals surface area contributed by atoms with Crippen LogP contribution in [0.5, 0.6) is 0 Å².